The number of carbonyl (C=O) groups excluding carboxylic acids is 1. The third-order valence-electron chi connectivity index (χ3n) is 3.02. The number of fused-ring (bicyclic) bond motifs is 1. The molecule has 2 heterocycles. The van der Waals surface area contributed by atoms with Crippen molar-refractivity contribution in [1.29, 1.82) is 0 Å². The lowest BCUT2D eigenvalue weighted by Crippen LogP contribution is -2.29. The van der Waals surface area contributed by atoms with Crippen molar-refractivity contribution in [2.75, 3.05) is 0 Å². The number of hydrogen-bond donors (Lipinski definition) is 1. The number of aromatic hydroxyl groups is 1. The number of hydrogen-bond acceptors (Lipinski definition) is 3. The Morgan fingerprint density at radius 1 is 1.06 bits per heavy atom. The first-order chi connectivity index (χ1) is 8.03. The van der Waals surface area contributed by atoms with Gasteiger partial charge in [-0.3, -0.25) is 4.79 Å². The van der Waals surface area contributed by atoms with Gasteiger partial charge in [0.1, 0.15) is 5.36 Å². The van der Waals surface area contributed by atoms with Gasteiger partial charge in [0.2, 0.25) is 0 Å². The van der Waals surface area contributed by atoms with Crippen LogP contribution in [0.25, 0.3) is 5.57 Å². The molecule has 2 rings (SSSR count). The Labute approximate surface area is 106 Å². The Bertz CT molecular complexity index is 636. The lowest BCUT2D eigenvalue weighted by molar-refractivity contribution is -0.113. The van der Waals surface area contributed by atoms with Crippen molar-refractivity contribution in [3.05, 3.63) is 16.3 Å². The van der Waals surface area contributed by atoms with Crippen LogP contribution in [0.5, 0.6) is 5.95 Å². The van der Waals surface area contributed by atoms with Gasteiger partial charge in [-0.1, -0.05) is 41.5 Å². The fourth-order valence-electron chi connectivity index (χ4n) is 2.28. The smallest absolute Gasteiger partial charge is 0.288 e. The maximum Gasteiger partial charge on any atom is 0.288 e. The zero-order valence-electron chi connectivity index (χ0n) is 11.7. The molecule has 0 aliphatic carbocycles. The standard InChI is InChI=1S/C14H19NO3/c1-13(2,3)7-9-10(18-12(7)17)8(11(16)15-9)14(4,5)6/h17H,1-6H3. The van der Waals surface area contributed by atoms with Crippen molar-refractivity contribution in [1.82, 2.24) is 0 Å². The van der Waals surface area contributed by atoms with Gasteiger partial charge in [0, 0.05) is 0 Å². The van der Waals surface area contributed by atoms with Gasteiger partial charge in [-0.15, -0.1) is 0 Å². The topological polar surface area (TPSA) is 62.8 Å². The van der Waals surface area contributed by atoms with Gasteiger partial charge < -0.3 is 9.52 Å². The highest BCUT2D eigenvalue weighted by Crippen LogP contribution is 2.31. The molecule has 1 aliphatic rings. The van der Waals surface area contributed by atoms with Crippen LogP contribution < -0.4 is 10.8 Å². The first-order valence-electron chi connectivity index (χ1n) is 6.03. The highest BCUT2D eigenvalue weighted by molar-refractivity contribution is 6.16. The summed E-state index contributed by atoms with van der Waals surface area (Å²) in [6, 6.07) is 0. The van der Waals surface area contributed by atoms with Gasteiger partial charge >= 0.3 is 0 Å². The van der Waals surface area contributed by atoms with E-state index in [-0.39, 0.29) is 22.7 Å². The Morgan fingerprint density at radius 2 is 1.61 bits per heavy atom. The van der Waals surface area contributed by atoms with E-state index in [0.29, 0.717) is 21.9 Å². The number of rotatable bonds is 0. The Morgan fingerprint density at radius 3 is 2.06 bits per heavy atom. The van der Waals surface area contributed by atoms with Crippen LogP contribution in [-0.2, 0) is 10.2 Å². The third kappa shape index (κ3) is 1.76. The molecular formula is C14H19NO3. The van der Waals surface area contributed by atoms with Gasteiger partial charge in [-0.2, -0.15) is 0 Å². The van der Waals surface area contributed by atoms with Crippen LogP contribution in [0.1, 0.15) is 47.1 Å². The summed E-state index contributed by atoms with van der Waals surface area (Å²) in [5.41, 5.74) is 0.882. The summed E-state index contributed by atoms with van der Waals surface area (Å²) < 4.78 is 5.40. The average Bonchev–Trinajstić information content (AvgIpc) is 2.52. The van der Waals surface area contributed by atoms with Crippen LogP contribution >= 0.6 is 0 Å². The van der Waals surface area contributed by atoms with Gasteiger partial charge in [0.15, 0.2) is 5.42 Å². The maximum atomic E-state index is 12.0. The predicted molar refractivity (Wildman–Crippen MR) is 67.7 cm³/mol. The van der Waals surface area contributed by atoms with Crippen LogP contribution in [0.2, 0.25) is 0 Å². The molecular weight excluding hydrogens is 230 g/mol. The molecule has 1 aliphatic heterocycles. The molecule has 98 valence electrons. The summed E-state index contributed by atoms with van der Waals surface area (Å²) in [6.45, 7) is 11.6. The molecule has 4 nitrogen and oxygen atoms in total. The summed E-state index contributed by atoms with van der Waals surface area (Å²) >= 11 is 0. The fraction of sp³-hybridized carbons (Fsp3) is 0.571. The van der Waals surface area contributed by atoms with E-state index >= 15 is 0 Å². The van der Waals surface area contributed by atoms with E-state index in [1.54, 1.807) is 0 Å². The van der Waals surface area contributed by atoms with Gasteiger partial charge in [0.25, 0.3) is 11.9 Å². The van der Waals surface area contributed by atoms with Gasteiger partial charge in [-0.25, -0.2) is 4.99 Å². The van der Waals surface area contributed by atoms with Crippen LogP contribution in [0.3, 0.4) is 0 Å². The molecule has 1 amide bonds. The van der Waals surface area contributed by atoms with E-state index in [2.05, 4.69) is 4.99 Å². The average molecular weight is 249 g/mol. The van der Waals surface area contributed by atoms with E-state index < -0.39 is 0 Å². The lowest BCUT2D eigenvalue weighted by Gasteiger charge is -2.17. The zero-order chi connectivity index (χ0) is 13.9. The predicted octanol–water partition coefficient (Wildman–Crippen LogP) is 1.64. The fourth-order valence-corrected chi connectivity index (χ4v) is 2.28. The zero-order valence-corrected chi connectivity index (χ0v) is 11.7. The normalized spacial score (nSPS) is 15.9. The second-order valence-electron chi connectivity index (χ2n) is 6.75. The highest BCUT2D eigenvalue weighted by atomic mass is 16.5. The van der Waals surface area contributed by atoms with Crippen molar-refractivity contribution < 1.29 is 14.3 Å². The van der Waals surface area contributed by atoms with E-state index in [0.717, 1.165) is 0 Å². The van der Waals surface area contributed by atoms with E-state index in [1.807, 2.05) is 41.5 Å². The van der Waals surface area contributed by atoms with Crippen LogP contribution in [0.15, 0.2) is 9.41 Å². The minimum absolute atomic E-state index is 0.134. The highest BCUT2D eigenvalue weighted by Gasteiger charge is 2.35. The Hall–Kier alpha value is -1.58. The first-order valence-corrected chi connectivity index (χ1v) is 6.03. The second kappa shape index (κ2) is 3.46. The third-order valence-corrected chi connectivity index (χ3v) is 3.02. The molecule has 0 bridgehead atoms. The van der Waals surface area contributed by atoms with Crippen LogP contribution in [0, 0.1) is 5.41 Å². The molecule has 1 aromatic rings. The summed E-state index contributed by atoms with van der Waals surface area (Å²) in [5, 5.41) is 10.4. The van der Waals surface area contributed by atoms with Crippen molar-refractivity contribution >= 4 is 11.5 Å². The number of carbonyl (C=O) groups is 1. The molecule has 0 spiro atoms. The van der Waals surface area contributed by atoms with E-state index in [1.165, 1.54) is 0 Å². The Kier molecular flexibility index (Phi) is 2.48. The quantitative estimate of drug-likeness (QED) is 0.760. The first kappa shape index (κ1) is 12.9. The van der Waals surface area contributed by atoms with Crippen molar-refractivity contribution in [2.24, 2.45) is 10.4 Å². The van der Waals surface area contributed by atoms with E-state index in [9.17, 15) is 9.90 Å². The number of amides is 1. The number of furan rings is 1. The molecule has 18 heavy (non-hydrogen) atoms. The minimum Gasteiger partial charge on any atom is -0.480 e. The van der Waals surface area contributed by atoms with Crippen molar-refractivity contribution in [3.8, 4) is 5.95 Å². The van der Waals surface area contributed by atoms with E-state index in [4.69, 9.17) is 4.42 Å². The van der Waals surface area contributed by atoms with Gasteiger partial charge in [0.05, 0.1) is 11.1 Å². The maximum absolute atomic E-state index is 12.0. The second-order valence-corrected chi connectivity index (χ2v) is 6.75. The summed E-state index contributed by atoms with van der Waals surface area (Å²) in [4.78, 5) is 16.0. The molecule has 0 saturated heterocycles. The molecule has 0 fully saturated rings. The SMILES string of the molecule is CC(C)(C)C1=c2oc(O)c(C(C)(C)C)c2=NC1=O. The molecule has 0 atom stereocenters. The minimum atomic E-state index is -0.356. The van der Waals surface area contributed by atoms with Gasteiger partial charge in [-0.05, 0) is 10.8 Å². The molecule has 1 aromatic heterocycles. The van der Waals surface area contributed by atoms with Crippen LogP contribution in [-0.4, -0.2) is 11.0 Å². The molecule has 1 N–H and O–H groups in total. The summed E-state index contributed by atoms with van der Waals surface area (Å²) in [5.74, 6) is -0.396. The van der Waals surface area contributed by atoms with Crippen molar-refractivity contribution in [2.45, 2.75) is 47.0 Å². The molecule has 0 aromatic carbocycles. The Balaban J connectivity index is 2.90. The number of nitrogens with zero attached hydrogens (tertiary/aromatic N) is 1. The largest absolute Gasteiger partial charge is 0.480 e. The van der Waals surface area contributed by atoms with Crippen LogP contribution in [0.4, 0.5) is 0 Å². The summed E-state index contributed by atoms with van der Waals surface area (Å²) in [7, 11) is 0. The monoisotopic (exact) mass is 249 g/mol. The molecule has 0 saturated carbocycles. The summed E-state index contributed by atoms with van der Waals surface area (Å²) in [6.07, 6.45) is 0. The van der Waals surface area contributed by atoms with Crippen molar-refractivity contribution in [3.63, 3.8) is 0 Å². The molecule has 0 unspecified atom stereocenters. The molecule has 0 radical (unpaired) electrons. The lowest BCUT2D eigenvalue weighted by atomic mass is 9.85. The molecule has 4 heteroatoms.